The average molecular weight is 305 g/mol. The van der Waals surface area contributed by atoms with E-state index in [9.17, 15) is 9.90 Å². The van der Waals surface area contributed by atoms with Crippen molar-refractivity contribution in [2.24, 2.45) is 0 Å². The van der Waals surface area contributed by atoms with Crippen molar-refractivity contribution in [1.29, 1.82) is 0 Å². The van der Waals surface area contributed by atoms with Crippen molar-refractivity contribution in [3.8, 4) is 0 Å². The first-order chi connectivity index (χ1) is 9.49. The molecule has 0 bridgehead atoms. The fraction of sp³-hybridized carbons (Fsp3) is 0.929. The van der Waals surface area contributed by atoms with Crippen LogP contribution in [0.3, 0.4) is 0 Å². The number of hydrogen-bond donors (Lipinski definition) is 4. The van der Waals surface area contributed by atoms with Gasteiger partial charge in [-0.05, 0) is 41.5 Å². The van der Waals surface area contributed by atoms with E-state index < -0.39 is 23.7 Å². The molecule has 0 heterocycles. The molecule has 1 amide bonds. The summed E-state index contributed by atoms with van der Waals surface area (Å²) in [6.07, 6.45) is -1.40. The van der Waals surface area contributed by atoms with Crippen LogP contribution < -0.4 is 16.0 Å². The molecule has 7 heteroatoms. The second kappa shape index (κ2) is 9.19. The molecule has 0 aromatic carbocycles. The van der Waals surface area contributed by atoms with Crippen LogP contribution in [-0.4, -0.2) is 55.0 Å². The number of alkyl carbamates (subject to hydrolysis) is 1. The third-order valence-corrected chi connectivity index (χ3v) is 2.06. The van der Waals surface area contributed by atoms with Crippen molar-refractivity contribution in [1.82, 2.24) is 16.0 Å². The SMILES string of the molecule is CC(C)(C)OC(=O)NCCNCCNC(O)OC(C)(C)C. The predicted molar refractivity (Wildman–Crippen MR) is 82.0 cm³/mol. The van der Waals surface area contributed by atoms with Crippen LogP contribution in [0.4, 0.5) is 4.79 Å². The first-order valence-corrected chi connectivity index (χ1v) is 7.26. The lowest BCUT2D eigenvalue weighted by Crippen LogP contribution is -2.42. The molecule has 0 aliphatic rings. The molecule has 1 unspecified atom stereocenters. The number of aliphatic hydroxyl groups excluding tert-OH is 1. The molecule has 21 heavy (non-hydrogen) atoms. The number of carbonyl (C=O) groups excluding carboxylic acids is 1. The highest BCUT2D eigenvalue weighted by atomic mass is 16.6. The first-order valence-electron chi connectivity index (χ1n) is 7.26. The molecule has 0 aromatic heterocycles. The molecule has 0 spiro atoms. The summed E-state index contributed by atoms with van der Waals surface area (Å²) in [6, 6.07) is 0. The first kappa shape index (κ1) is 20.1. The van der Waals surface area contributed by atoms with Crippen LogP contribution in [0.1, 0.15) is 41.5 Å². The van der Waals surface area contributed by atoms with E-state index in [-0.39, 0.29) is 0 Å². The standard InChI is InChI=1S/C14H31N3O4/c1-13(2,3)20-11(18)16-9-7-15-8-10-17-12(19)21-14(4,5)6/h11,15-16,18H,7-10H2,1-6H3,(H,17,19). The van der Waals surface area contributed by atoms with Gasteiger partial charge in [0.15, 0.2) is 0 Å². The lowest BCUT2D eigenvalue weighted by Gasteiger charge is -2.24. The second-order valence-corrected chi connectivity index (χ2v) is 6.72. The highest BCUT2D eigenvalue weighted by molar-refractivity contribution is 5.67. The predicted octanol–water partition coefficient (Wildman–Crippen LogP) is 0.781. The van der Waals surface area contributed by atoms with Crippen LogP contribution in [-0.2, 0) is 9.47 Å². The Morgan fingerprint density at radius 2 is 1.57 bits per heavy atom. The minimum Gasteiger partial charge on any atom is -0.444 e. The fourth-order valence-corrected chi connectivity index (χ4v) is 1.35. The van der Waals surface area contributed by atoms with Crippen molar-refractivity contribution in [3.05, 3.63) is 0 Å². The highest BCUT2D eigenvalue weighted by Crippen LogP contribution is 2.07. The second-order valence-electron chi connectivity index (χ2n) is 6.72. The molecule has 0 fully saturated rings. The Morgan fingerprint density at radius 1 is 1.00 bits per heavy atom. The quantitative estimate of drug-likeness (QED) is 0.391. The summed E-state index contributed by atoms with van der Waals surface area (Å²) in [5.74, 6) is 0. The molecule has 126 valence electrons. The van der Waals surface area contributed by atoms with Gasteiger partial charge in [0.25, 0.3) is 0 Å². The Bertz CT molecular complexity index is 298. The van der Waals surface area contributed by atoms with Crippen LogP contribution in [0, 0.1) is 0 Å². The molecule has 0 rings (SSSR count). The minimum absolute atomic E-state index is 0.392. The van der Waals surface area contributed by atoms with Crippen LogP contribution >= 0.6 is 0 Å². The Morgan fingerprint density at radius 3 is 2.10 bits per heavy atom. The van der Waals surface area contributed by atoms with E-state index in [2.05, 4.69) is 16.0 Å². The molecule has 7 nitrogen and oxygen atoms in total. The van der Waals surface area contributed by atoms with E-state index in [4.69, 9.17) is 9.47 Å². The Labute approximate surface area is 127 Å². The minimum atomic E-state index is -0.980. The maximum atomic E-state index is 11.3. The molecule has 0 saturated carbocycles. The van der Waals surface area contributed by atoms with E-state index in [1.54, 1.807) is 0 Å². The number of ether oxygens (including phenoxy) is 2. The fourth-order valence-electron chi connectivity index (χ4n) is 1.35. The molecule has 1 atom stereocenters. The zero-order valence-electron chi connectivity index (χ0n) is 14.1. The van der Waals surface area contributed by atoms with Crippen LogP contribution in [0.5, 0.6) is 0 Å². The summed E-state index contributed by atoms with van der Waals surface area (Å²) >= 11 is 0. The zero-order chi connectivity index (χ0) is 16.5. The summed E-state index contributed by atoms with van der Waals surface area (Å²) in [5.41, 5.74) is -0.873. The van der Waals surface area contributed by atoms with Crippen LogP contribution in [0.25, 0.3) is 0 Å². The monoisotopic (exact) mass is 305 g/mol. The molecule has 0 saturated heterocycles. The summed E-state index contributed by atoms with van der Waals surface area (Å²) in [4.78, 5) is 11.3. The van der Waals surface area contributed by atoms with E-state index >= 15 is 0 Å². The van der Waals surface area contributed by atoms with Crippen molar-refractivity contribution < 1.29 is 19.4 Å². The molecule has 0 aliphatic carbocycles. The van der Waals surface area contributed by atoms with E-state index in [1.807, 2.05) is 41.5 Å². The largest absolute Gasteiger partial charge is 0.444 e. The molecule has 0 aliphatic heterocycles. The van der Waals surface area contributed by atoms with Gasteiger partial charge in [0, 0.05) is 26.2 Å². The zero-order valence-corrected chi connectivity index (χ0v) is 14.1. The van der Waals surface area contributed by atoms with Crippen molar-refractivity contribution >= 4 is 6.09 Å². The maximum Gasteiger partial charge on any atom is 0.407 e. The van der Waals surface area contributed by atoms with Gasteiger partial charge in [0.2, 0.25) is 6.41 Å². The highest BCUT2D eigenvalue weighted by Gasteiger charge is 2.16. The number of carbonyl (C=O) groups is 1. The Hall–Kier alpha value is -0.890. The number of aliphatic hydroxyl groups is 1. The van der Waals surface area contributed by atoms with Gasteiger partial charge in [0.05, 0.1) is 5.60 Å². The number of nitrogens with one attached hydrogen (secondary N) is 3. The number of rotatable bonds is 8. The van der Waals surface area contributed by atoms with E-state index in [1.165, 1.54) is 0 Å². The van der Waals surface area contributed by atoms with Gasteiger partial charge in [-0.3, -0.25) is 5.32 Å². The molecule has 0 aromatic rings. The molecular weight excluding hydrogens is 274 g/mol. The van der Waals surface area contributed by atoms with Crippen molar-refractivity contribution in [2.75, 3.05) is 26.2 Å². The van der Waals surface area contributed by atoms with Crippen molar-refractivity contribution in [3.63, 3.8) is 0 Å². The van der Waals surface area contributed by atoms with E-state index in [0.29, 0.717) is 26.2 Å². The molecule has 4 N–H and O–H groups in total. The number of hydrogen-bond acceptors (Lipinski definition) is 6. The van der Waals surface area contributed by atoms with Gasteiger partial charge in [0.1, 0.15) is 5.60 Å². The Balaban J connectivity index is 3.47. The van der Waals surface area contributed by atoms with Crippen LogP contribution in [0.2, 0.25) is 0 Å². The third kappa shape index (κ3) is 15.3. The van der Waals surface area contributed by atoms with Gasteiger partial charge >= 0.3 is 6.09 Å². The number of amides is 1. The van der Waals surface area contributed by atoms with Gasteiger partial charge in [-0.2, -0.15) is 0 Å². The maximum absolute atomic E-state index is 11.3. The summed E-state index contributed by atoms with van der Waals surface area (Å²) < 4.78 is 10.4. The summed E-state index contributed by atoms with van der Waals surface area (Å²) in [5, 5.41) is 18.1. The van der Waals surface area contributed by atoms with Gasteiger partial charge in [-0.25, -0.2) is 4.79 Å². The summed E-state index contributed by atoms with van der Waals surface area (Å²) in [7, 11) is 0. The van der Waals surface area contributed by atoms with Gasteiger partial charge in [-0.15, -0.1) is 0 Å². The third-order valence-electron chi connectivity index (χ3n) is 2.06. The molecule has 0 radical (unpaired) electrons. The van der Waals surface area contributed by atoms with Crippen LogP contribution in [0.15, 0.2) is 0 Å². The summed E-state index contributed by atoms with van der Waals surface area (Å²) in [6.45, 7) is 13.4. The normalized spacial score (nSPS) is 13.9. The lowest BCUT2D eigenvalue weighted by atomic mass is 10.2. The smallest absolute Gasteiger partial charge is 0.407 e. The average Bonchev–Trinajstić information content (AvgIpc) is 2.22. The topological polar surface area (TPSA) is 91.9 Å². The van der Waals surface area contributed by atoms with Gasteiger partial charge in [-0.1, -0.05) is 0 Å². The van der Waals surface area contributed by atoms with Gasteiger partial charge < -0.3 is 25.2 Å². The van der Waals surface area contributed by atoms with E-state index in [0.717, 1.165) is 0 Å². The lowest BCUT2D eigenvalue weighted by molar-refractivity contribution is -0.180. The molecular formula is C14H31N3O4. The van der Waals surface area contributed by atoms with Crippen molar-refractivity contribution in [2.45, 2.75) is 59.2 Å². The Kier molecular flexibility index (Phi) is 8.80.